The van der Waals surface area contributed by atoms with Gasteiger partial charge in [0.25, 0.3) is 0 Å². The molecule has 0 radical (unpaired) electrons. The van der Waals surface area contributed by atoms with Gasteiger partial charge in [-0.05, 0) is 37.8 Å². The van der Waals surface area contributed by atoms with Crippen LogP contribution < -0.4 is 21.1 Å². The maximum absolute atomic E-state index is 15.3. The molecule has 12 heteroatoms. The van der Waals surface area contributed by atoms with Crippen molar-refractivity contribution in [1.82, 2.24) is 15.5 Å². The van der Waals surface area contributed by atoms with Crippen molar-refractivity contribution in [3.8, 4) is 5.75 Å². The second-order valence-electron chi connectivity index (χ2n) is 12.0. The molecule has 1 aliphatic carbocycles. The van der Waals surface area contributed by atoms with E-state index in [0.717, 1.165) is 25.7 Å². The second-order valence-corrected chi connectivity index (χ2v) is 12.0. The van der Waals surface area contributed by atoms with Gasteiger partial charge in [0.15, 0.2) is 5.78 Å². The minimum Gasteiger partial charge on any atom is -0.497 e. The van der Waals surface area contributed by atoms with Crippen molar-refractivity contribution in [2.75, 3.05) is 46.6 Å². The highest BCUT2D eigenvalue weighted by molar-refractivity contribution is 6.01. The van der Waals surface area contributed by atoms with Crippen molar-refractivity contribution in [1.29, 1.82) is 0 Å². The number of nitrogens with two attached hydrogens (primary N) is 1. The highest BCUT2D eigenvalue weighted by atomic mass is 19.1. The number of amides is 3. The van der Waals surface area contributed by atoms with Crippen LogP contribution in [0.1, 0.15) is 51.5 Å². The van der Waals surface area contributed by atoms with Gasteiger partial charge in [0, 0.05) is 25.6 Å². The third-order valence-electron chi connectivity index (χ3n) is 8.81. The lowest BCUT2D eigenvalue weighted by molar-refractivity contribution is -0.142. The molecule has 2 saturated heterocycles. The van der Waals surface area contributed by atoms with E-state index in [-0.39, 0.29) is 54.9 Å². The first kappa shape index (κ1) is 31.8. The molecule has 1 unspecified atom stereocenters. The van der Waals surface area contributed by atoms with Crippen LogP contribution in [0.15, 0.2) is 18.2 Å². The highest BCUT2D eigenvalue weighted by Crippen LogP contribution is 2.41. The molecular weight excluding hydrogens is 547 g/mol. The number of hydrogen-bond donors (Lipinski definition) is 3. The van der Waals surface area contributed by atoms with Crippen LogP contribution in [0.5, 0.6) is 5.75 Å². The zero-order valence-electron chi connectivity index (χ0n) is 24.7. The molecule has 4 N–H and O–H groups in total. The molecule has 4 rings (SSSR count). The van der Waals surface area contributed by atoms with Crippen molar-refractivity contribution in [2.24, 2.45) is 17.6 Å². The van der Waals surface area contributed by atoms with Gasteiger partial charge in [-0.2, -0.15) is 0 Å². The molecule has 1 aromatic carbocycles. The number of nitrogens with one attached hydrogen (secondary N) is 2. The fourth-order valence-electron chi connectivity index (χ4n) is 6.05. The average Bonchev–Trinajstić information content (AvgIpc) is 3.50. The molecule has 0 aromatic heterocycles. The Hall–Kier alpha value is -3.09. The van der Waals surface area contributed by atoms with E-state index in [9.17, 15) is 19.2 Å². The van der Waals surface area contributed by atoms with Crippen molar-refractivity contribution in [3.63, 3.8) is 0 Å². The summed E-state index contributed by atoms with van der Waals surface area (Å²) in [6.07, 6.45) is 3.65. The first-order valence-electron chi connectivity index (χ1n) is 14.7. The predicted molar refractivity (Wildman–Crippen MR) is 151 cm³/mol. The minimum absolute atomic E-state index is 0.0808. The number of primary amides is 1. The van der Waals surface area contributed by atoms with E-state index in [4.69, 9.17) is 19.9 Å². The van der Waals surface area contributed by atoms with Gasteiger partial charge in [0.1, 0.15) is 28.7 Å². The lowest BCUT2D eigenvalue weighted by Gasteiger charge is -2.41. The Morgan fingerprint density at radius 1 is 1.21 bits per heavy atom. The molecular formula is C30H43FN4O7. The molecule has 4 atom stereocenters. The van der Waals surface area contributed by atoms with Crippen LogP contribution >= 0.6 is 0 Å². The molecule has 2 heterocycles. The third-order valence-corrected chi connectivity index (χ3v) is 8.81. The Balaban J connectivity index is 1.65. The number of morpholine rings is 1. The molecule has 3 fully saturated rings. The Morgan fingerprint density at radius 2 is 1.88 bits per heavy atom. The molecule has 3 aliphatic rings. The third kappa shape index (κ3) is 7.45. The number of halogens is 1. The topological polar surface area (TPSA) is 153 Å². The summed E-state index contributed by atoms with van der Waals surface area (Å²) in [5.74, 6) is -3.73. The number of benzene rings is 1. The van der Waals surface area contributed by atoms with E-state index in [0.29, 0.717) is 26.3 Å². The number of Topliss-reactive ketones (excluding diaryl/α,β-unsaturated/α-hetero) is 1. The summed E-state index contributed by atoms with van der Waals surface area (Å²) < 4.78 is 31.2. The van der Waals surface area contributed by atoms with Crippen LogP contribution in [0.3, 0.4) is 0 Å². The lowest BCUT2D eigenvalue weighted by atomic mass is 9.69. The van der Waals surface area contributed by atoms with Crippen molar-refractivity contribution >= 4 is 23.5 Å². The van der Waals surface area contributed by atoms with Gasteiger partial charge < -0.3 is 30.6 Å². The zero-order valence-corrected chi connectivity index (χ0v) is 24.7. The summed E-state index contributed by atoms with van der Waals surface area (Å²) in [6, 6.07) is 3.11. The molecule has 0 spiro atoms. The minimum atomic E-state index is -1.98. The van der Waals surface area contributed by atoms with Gasteiger partial charge in [-0.3, -0.25) is 24.1 Å². The van der Waals surface area contributed by atoms with E-state index in [1.54, 1.807) is 13.0 Å². The molecule has 1 saturated carbocycles. The molecule has 0 bridgehead atoms. The Labute approximate surface area is 246 Å². The van der Waals surface area contributed by atoms with Crippen LogP contribution in [0, 0.1) is 17.7 Å². The fourth-order valence-corrected chi connectivity index (χ4v) is 6.05. The highest BCUT2D eigenvalue weighted by Gasteiger charge is 2.58. The monoisotopic (exact) mass is 590 g/mol. The lowest BCUT2D eigenvalue weighted by Crippen LogP contribution is -2.68. The van der Waals surface area contributed by atoms with E-state index in [1.165, 1.54) is 26.2 Å². The largest absolute Gasteiger partial charge is 0.497 e. The van der Waals surface area contributed by atoms with Crippen LogP contribution in [0.2, 0.25) is 0 Å². The van der Waals surface area contributed by atoms with Crippen LogP contribution in [0.4, 0.5) is 4.39 Å². The first-order valence-corrected chi connectivity index (χ1v) is 14.7. The summed E-state index contributed by atoms with van der Waals surface area (Å²) in [6.45, 7) is 5.63. The Morgan fingerprint density at radius 3 is 2.45 bits per heavy atom. The fraction of sp³-hybridized carbons (Fsp3) is 0.667. The van der Waals surface area contributed by atoms with Crippen LogP contribution in [-0.2, 0) is 35.1 Å². The van der Waals surface area contributed by atoms with Gasteiger partial charge in [-0.1, -0.05) is 31.7 Å². The summed E-state index contributed by atoms with van der Waals surface area (Å²) in [7, 11) is 1.41. The van der Waals surface area contributed by atoms with Crippen LogP contribution in [-0.4, -0.2) is 92.2 Å². The predicted octanol–water partition coefficient (Wildman–Crippen LogP) is 1.11. The second kappa shape index (κ2) is 13.5. The number of methoxy groups -OCH3 is 1. The van der Waals surface area contributed by atoms with Gasteiger partial charge in [0.2, 0.25) is 17.7 Å². The van der Waals surface area contributed by atoms with E-state index >= 15 is 4.39 Å². The maximum Gasteiger partial charge on any atom is 0.244 e. The summed E-state index contributed by atoms with van der Waals surface area (Å²) >= 11 is 0. The van der Waals surface area contributed by atoms with E-state index in [2.05, 4.69) is 10.6 Å². The number of nitrogens with zero attached hydrogens (tertiary/aromatic N) is 1. The molecule has 2 aliphatic heterocycles. The number of ketones is 1. The van der Waals surface area contributed by atoms with E-state index in [1.807, 2.05) is 4.90 Å². The zero-order chi connectivity index (χ0) is 30.5. The molecule has 3 amide bonds. The summed E-state index contributed by atoms with van der Waals surface area (Å²) in [5.41, 5.74) is 3.06. The maximum atomic E-state index is 15.3. The number of carbonyl (C=O) groups is 4. The Bertz CT molecular complexity index is 1160. The van der Waals surface area contributed by atoms with Crippen molar-refractivity contribution in [2.45, 2.75) is 69.6 Å². The molecule has 42 heavy (non-hydrogen) atoms. The number of carbonyl (C=O) groups excluding carboxylic acids is 4. The number of hydrogen-bond acceptors (Lipinski definition) is 8. The molecule has 11 nitrogen and oxygen atoms in total. The van der Waals surface area contributed by atoms with Gasteiger partial charge in [-0.25, -0.2) is 4.39 Å². The molecule has 1 aromatic rings. The summed E-state index contributed by atoms with van der Waals surface area (Å²) in [4.78, 5) is 55.9. The van der Waals surface area contributed by atoms with Gasteiger partial charge in [-0.15, -0.1) is 0 Å². The number of ether oxygens (including phenoxy) is 3. The van der Waals surface area contributed by atoms with Crippen molar-refractivity contribution < 1.29 is 37.8 Å². The SMILES string of the molecule is COc1ccc(CC(NC(=O)[C@H](C)NC(=O)CN2CCOCC2)(C(N)=O)[C@H](CC2CCCC2)C(=O)[C@@]2(C)CO2)c(F)c1. The number of rotatable bonds is 14. The quantitative estimate of drug-likeness (QED) is 0.273. The van der Waals surface area contributed by atoms with E-state index < -0.39 is 40.7 Å². The van der Waals surface area contributed by atoms with Crippen LogP contribution in [0.25, 0.3) is 0 Å². The summed E-state index contributed by atoms with van der Waals surface area (Å²) in [5, 5.41) is 5.44. The van der Waals surface area contributed by atoms with Gasteiger partial charge in [0.05, 0.1) is 39.4 Å². The average molecular weight is 591 g/mol. The first-order chi connectivity index (χ1) is 20.0. The Kier molecular flexibility index (Phi) is 10.2. The normalized spacial score (nSPS) is 23.8. The standard InChI is InChI=1S/C30H43FN4O7/c1-19(33-25(36)17-35-10-12-41-13-11-35)27(38)34-30(28(32)39,16-21-8-9-22(40-3)15-24(21)31)23(14-20-6-4-5-7-20)26(37)29(2)18-42-29/h8-9,15,19-20,23H,4-7,10-14,16-18H2,1-3H3,(H2,32,39)(H,33,36)(H,34,38)/t19-,23+,29+,30?/m0/s1. The molecule has 232 valence electrons. The van der Waals surface area contributed by atoms with Crippen molar-refractivity contribution in [3.05, 3.63) is 29.6 Å². The smallest absolute Gasteiger partial charge is 0.244 e. The van der Waals surface area contributed by atoms with Gasteiger partial charge >= 0.3 is 0 Å². The number of epoxide rings is 1.